The van der Waals surface area contributed by atoms with Gasteiger partial charge in [-0.2, -0.15) is 0 Å². The molecule has 0 atom stereocenters. The molecule has 0 saturated heterocycles. The quantitative estimate of drug-likeness (QED) is 0.897. The van der Waals surface area contributed by atoms with Crippen LogP contribution in [0.1, 0.15) is 23.4 Å². The Kier molecular flexibility index (Phi) is 3.72. The molecule has 94 valence electrons. The van der Waals surface area contributed by atoms with Crippen LogP contribution in [0.4, 0.5) is 5.69 Å². The fraction of sp³-hybridized carbons (Fsp3) is 0.308. The van der Waals surface area contributed by atoms with Gasteiger partial charge >= 0.3 is 0 Å². The summed E-state index contributed by atoms with van der Waals surface area (Å²) in [4.78, 5) is 15.6. The van der Waals surface area contributed by atoms with Crippen LogP contribution >= 0.6 is 0 Å². The number of pyridine rings is 1. The summed E-state index contributed by atoms with van der Waals surface area (Å²) < 4.78 is 5.06. The van der Waals surface area contributed by atoms with E-state index < -0.39 is 0 Å². The van der Waals surface area contributed by atoms with Crippen molar-refractivity contribution in [3.05, 3.63) is 41.5 Å². The van der Waals surface area contributed by atoms with Crippen LogP contribution in [0.15, 0.2) is 29.0 Å². The molecule has 2 heterocycles. The van der Waals surface area contributed by atoms with Gasteiger partial charge in [0.2, 0.25) is 5.91 Å². The smallest absolute Gasteiger partial charge is 0.224 e. The van der Waals surface area contributed by atoms with Gasteiger partial charge in [-0.15, -0.1) is 0 Å². The topological polar surface area (TPSA) is 68.0 Å². The molecule has 0 spiro atoms. The second-order valence-electron chi connectivity index (χ2n) is 4.09. The van der Waals surface area contributed by atoms with E-state index in [1.807, 2.05) is 13.8 Å². The molecule has 0 aliphatic carbocycles. The predicted octanol–water partition coefficient (Wildman–Crippen LogP) is 2.26. The highest BCUT2D eigenvalue weighted by Crippen LogP contribution is 2.14. The lowest BCUT2D eigenvalue weighted by atomic mass is 10.1. The molecule has 1 amide bonds. The first kappa shape index (κ1) is 12.3. The Morgan fingerprint density at radius 2 is 2.06 bits per heavy atom. The largest absolute Gasteiger partial charge is 0.361 e. The zero-order valence-electron chi connectivity index (χ0n) is 10.4. The molecule has 0 radical (unpaired) electrons. The number of rotatable bonds is 4. The van der Waals surface area contributed by atoms with Crippen LogP contribution in [-0.4, -0.2) is 16.0 Å². The van der Waals surface area contributed by atoms with E-state index in [4.69, 9.17) is 4.52 Å². The number of hydrogen-bond acceptors (Lipinski definition) is 4. The highest BCUT2D eigenvalue weighted by Gasteiger charge is 2.11. The van der Waals surface area contributed by atoms with E-state index in [2.05, 4.69) is 15.5 Å². The van der Waals surface area contributed by atoms with Crippen molar-refractivity contribution in [3.8, 4) is 0 Å². The summed E-state index contributed by atoms with van der Waals surface area (Å²) in [5, 5.41) is 6.68. The molecule has 1 N–H and O–H groups in total. The number of aromatic nitrogens is 2. The predicted molar refractivity (Wildman–Crippen MR) is 67.2 cm³/mol. The molecule has 18 heavy (non-hydrogen) atoms. The molecule has 0 saturated carbocycles. The highest BCUT2D eigenvalue weighted by molar-refractivity contribution is 5.90. The van der Waals surface area contributed by atoms with Crippen LogP contribution in [0.3, 0.4) is 0 Å². The molecule has 0 fully saturated rings. The minimum atomic E-state index is -0.0267. The minimum Gasteiger partial charge on any atom is -0.361 e. The zero-order chi connectivity index (χ0) is 13.0. The van der Waals surface area contributed by atoms with Crippen molar-refractivity contribution in [1.82, 2.24) is 10.1 Å². The lowest BCUT2D eigenvalue weighted by molar-refractivity contribution is -0.116. The monoisotopic (exact) mass is 245 g/mol. The van der Waals surface area contributed by atoms with Gasteiger partial charge in [-0.25, -0.2) is 0 Å². The Balaban J connectivity index is 1.89. The number of carbonyl (C=O) groups is 1. The van der Waals surface area contributed by atoms with Crippen LogP contribution in [0, 0.1) is 13.8 Å². The number of aryl methyl sites for hydroxylation is 2. The van der Waals surface area contributed by atoms with E-state index in [9.17, 15) is 4.79 Å². The van der Waals surface area contributed by atoms with Crippen LogP contribution in [0.25, 0.3) is 0 Å². The molecule has 0 aliphatic rings. The molecule has 0 bridgehead atoms. The third-order valence-corrected chi connectivity index (χ3v) is 2.75. The summed E-state index contributed by atoms with van der Waals surface area (Å²) in [5.41, 5.74) is 2.62. The van der Waals surface area contributed by atoms with Crippen LogP contribution in [-0.2, 0) is 11.2 Å². The number of hydrogen-bond donors (Lipinski definition) is 1. The number of carbonyl (C=O) groups excluding carboxylic acids is 1. The highest BCUT2D eigenvalue weighted by atomic mass is 16.5. The van der Waals surface area contributed by atoms with Crippen molar-refractivity contribution in [2.75, 3.05) is 5.32 Å². The Labute approximate surface area is 105 Å². The van der Waals surface area contributed by atoms with E-state index in [1.54, 1.807) is 24.5 Å². The normalized spacial score (nSPS) is 10.3. The zero-order valence-corrected chi connectivity index (χ0v) is 10.4. The number of nitrogens with zero attached hydrogens (tertiary/aromatic N) is 2. The van der Waals surface area contributed by atoms with Gasteiger partial charge in [0.25, 0.3) is 0 Å². The van der Waals surface area contributed by atoms with E-state index in [1.165, 1.54) is 0 Å². The van der Waals surface area contributed by atoms with Crippen LogP contribution in [0.5, 0.6) is 0 Å². The summed E-state index contributed by atoms with van der Waals surface area (Å²) in [6.45, 7) is 3.74. The Bertz CT molecular complexity index is 515. The van der Waals surface area contributed by atoms with Crippen molar-refractivity contribution in [3.63, 3.8) is 0 Å². The number of amides is 1. The van der Waals surface area contributed by atoms with E-state index >= 15 is 0 Å². The van der Waals surface area contributed by atoms with Gasteiger partial charge in [0.15, 0.2) is 0 Å². The van der Waals surface area contributed by atoms with Gasteiger partial charge in [-0.1, -0.05) is 5.16 Å². The van der Waals surface area contributed by atoms with E-state index in [0.29, 0.717) is 12.8 Å². The second-order valence-corrected chi connectivity index (χ2v) is 4.09. The maximum absolute atomic E-state index is 11.7. The first-order valence-electron chi connectivity index (χ1n) is 5.78. The molecule has 0 aromatic carbocycles. The molecule has 2 rings (SSSR count). The molecule has 0 unspecified atom stereocenters. The second kappa shape index (κ2) is 5.44. The number of nitrogens with one attached hydrogen (secondary N) is 1. The van der Waals surface area contributed by atoms with Crippen molar-refractivity contribution in [2.45, 2.75) is 26.7 Å². The fourth-order valence-electron chi connectivity index (χ4n) is 1.76. The molecule has 2 aromatic rings. The average Bonchev–Trinajstić information content (AvgIpc) is 2.68. The van der Waals surface area contributed by atoms with Gasteiger partial charge in [-0.3, -0.25) is 9.78 Å². The lowest BCUT2D eigenvalue weighted by Crippen LogP contribution is -2.12. The molecule has 2 aromatic heterocycles. The molecular formula is C13H15N3O2. The minimum absolute atomic E-state index is 0.0267. The fourth-order valence-corrected chi connectivity index (χ4v) is 1.76. The van der Waals surface area contributed by atoms with Crippen molar-refractivity contribution in [1.29, 1.82) is 0 Å². The van der Waals surface area contributed by atoms with Crippen molar-refractivity contribution in [2.24, 2.45) is 0 Å². The van der Waals surface area contributed by atoms with E-state index in [0.717, 1.165) is 22.7 Å². The maximum Gasteiger partial charge on any atom is 0.224 e. The molecular weight excluding hydrogens is 230 g/mol. The molecule has 5 heteroatoms. The Morgan fingerprint density at radius 3 is 2.67 bits per heavy atom. The van der Waals surface area contributed by atoms with Crippen molar-refractivity contribution >= 4 is 11.6 Å². The third-order valence-electron chi connectivity index (χ3n) is 2.75. The van der Waals surface area contributed by atoms with Gasteiger partial charge in [0.05, 0.1) is 5.69 Å². The Morgan fingerprint density at radius 1 is 1.33 bits per heavy atom. The molecule has 0 aliphatic heterocycles. The van der Waals surface area contributed by atoms with Gasteiger partial charge < -0.3 is 9.84 Å². The Hall–Kier alpha value is -2.17. The first-order chi connectivity index (χ1) is 8.66. The van der Waals surface area contributed by atoms with Gasteiger partial charge in [0, 0.05) is 30.1 Å². The first-order valence-corrected chi connectivity index (χ1v) is 5.78. The standard InChI is InChI=1S/C13H15N3O2/c1-9-12(10(2)18-16-9)3-4-13(17)15-11-5-7-14-8-6-11/h5-8H,3-4H2,1-2H3,(H,14,15,17). The summed E-state index contributed by atoms with van der Waals surface area (Å²) in [6, 6.07) is 3.52. The third kappa shape index (κ3) is 2.94. The summed E-state index contributed by atoms with van der Waals surface area (Å²) >= 11 is 0. The van der Waals surface area contributed by atoms with Gasteiger partial charge in [-0.05, 0) is 32.4 Å². The van der Waals surface area contributed by atoms with Crippen molar-refractivity contribution < 1.29 is 9.32 Å². The van der Waals surface area contributed by atoms with Crippen LogP contribution < -0.4 is 5.32 Å². The van der Waals surface area contributed by atoms with Crippen LogP contribution in [0.2, 0.25) is 0 Å². The lowest BCUT2D eigenvalue weighted by Gasteiger charge is -2.04. The summed E-state index contributed by atoms with van der Waals surface area (Å²) in [6.07, 6.45) is 4.33. The average molecular weight is 245 g/mol. The SMILES string of the molecule is Cc1noc(C)c1CCC(=O)Nc1ccncc1. The molecule has 5 nitrogen and oxygen atoms in total. The maximum atomic E-state index is 11.7. The number of anilines is 1. The van der Waals surface area contributed by atoms with Gasteiger partial charge in [0.1, 0.15) is 5.76 Å². The summed E-state index contributed by atoms with van der Waals surface area (Å²) in [7, 11) is 0. The summed E-state index contributed by atoms with van der Waals surface area (Å²) in [5.74, 6) is 0.755. The van der Waals surface area contributed by atoms with E-state index in [-0.39, 0.29) is 5.91 Å².